The minimum Gasteiger partial charge on any atom is -0.460 e. The predicted octanol–water partition coefficient (Wildman–Crippen LogP) is 3.14. The first kappa shape index (κ1) is 14.8. The molecule has 1 N–H and O–H groups in total. The summed E-state index contributed by atoms with van der Waals surface area (Å²) in [4.78, 5) is 14.9. The molecule has 122 valence electrons. The van der Waals surface area contributed by atoms with Crippen molar-refractivity contribution in [3.63, 3.8) is 0 Å². The summed E-state index contributed by atoms with van der Waals surface area (Å²) in [7, 11) is 0. The van der Waals surface area contributed by atoms with E-state index in [1.54, 1.807) is 0 Å². The number of fused-ring (bicyclic) bond motifs is 1. The highest BCUT2D eigenvalue weighted by atomic mass is 16.3. The van der Waals surface area contributed by atoms with Gasteiger partial charge >= 0.3 is 0 Å². The fourth-order valence-electron chi connectivity index (χ4n) is 4.04. The topological polar surface area (TPSA) is 45.5 Å². The molecule has 1 unspecified atom stereocenters. The normalized spacial score (nSPS) is 21.9. The van der Waals surface area contributed by atoms with Crippen molar-refractivity contribution in [2.45, 2.75) is 32.1 Å². The number of piperidine rings is 1. The van der Waals surface area contributed by atoms with Crippen LogP contribution in [0.1, 0.15) is 37.9 Å². The van der Waals surface area contributed by atoms with Crippen molar-refractivity contribution in [1.29, 1.82) is 0 Å². The molecule has 2 saturated heterocycles. The average molecular weight is 312 g/mol. The van der Waals surface area contributed by atoms with Crippen LogP contribution >= 0.6 is 0 Å². The highest BCUT2D eigenvalue weighted by Gasteiger charge is 2.39. The highest BCUT2D eigenvalue weighted by molar-refractivity contribution is 5.85. The zero-order valence-electron chi connectivity index (χ0n) is 13.7. The van der Waals surface area contributed by atoms with Gasteiger partial charge in [0.05, 0.1) is 5.92 Å². The van der Waals surface area contributed by atoms with E-state index in [2.05, 4.69) is 5.32 Å². The van der Waals surface area contributed by atoms with Gasteiger partial charge in [-0.15, -0.1) is 0 Å². The number of nitrogens with zero attached hydrogens (tertiary/aromatic N) is 1. The molecule has 0 radical (unpaired) electrons. The molecule has 4 rings (SSSR count). The van der Waals surface area contributed by atoms with Crippen molar-refractivity contribution >= 4 is 16.9 Å². The van der Waals surface area contributed by atoms with Gasteiger partial charge in [0.1, 0.15) is 11.3 Å². The molecular weight excluding hydrogens is 288 g/mol. The average Bonchev–Trinajstić information content (AvgIpc) is 3.21. The Hall–Kier alpha value is -1.81. The monoisotopic (exact) mass is 312 g/mol. The number of likely N-dealkylation sites (tertiary alicyclic amines) is 1. The summed E-state index contributed by atoms with van der Waals surface area (Å²) in [6, 6.07) is 9.94. The van der Waals surface area contributed by atoms with E-state index in [9.17, 15) is 4.79 Å². The first-order valence-electron chi connectivity index (χ1n) is 8.65. The van der Waals surface area contributed by atoms with Crippen molar-refractivity contribution < 1.29 is 9.21 Å². The van der Waals surface area contributed by atoms with E-state index in [-0.39, 0.29) is 11.8 Å². The molecule has 4 heteroatoms. The lowest BCUT2D eigenvalue weighted by Crippen LogP contribution is -2.45. The second-order valence-corrected chi connectivity index (χ2v) is 7.16. The van der Waals surface area contributed by atoms with Gasteiger partial charge < -0.3 is 14.6 Å². The summed E-state index contributed by atoms with van der Waals surface area (Å²) >= 11 is 0. The molecule has 3 heterocycles. The number of carbonyl (C=O) groups excluding carboxylic acids is 1. The van der Waals surface area contributed by atoms with Gasteiger partial charge in [-0.05, 0) is 50.3 Å². The van der Waals surface area contributed by atoms with Crippen molar-refractivity contribution in [2.75, 3.05) is 26.2 Å². The van der Waals surface area contributed by atoms with Crippen molar-refractivity contribution in [3.8, 4) is 0 Å². The Morgan fingerprint density at radius 3 is 2.74 bits per heavy atom. The zero-order valence-corrected chi connectivity index (χ0v) is 13.7. The molecule has 2 fully saturated rings. The summed E-state index contributed by atoms with van der Waals surface area (Å²) < 4.78 is 5.88. The molecule has 0 aliphatic carbocycles. The summed E-state index contributed by atoms with van der Waals surface area (Å²) in [6.45, 7) is 5.97. The summed E-state index contributed by atoms with van der Waals surface area (Å²) in [6.07, 6.45) is 3.51. The van der Waals surface area contributed by atoms with Crippen LogP contribution in [0.15, 0.2) is 34.7 Å². The Morgan fingerprint density at radius 2 is 2.04 bits per heavy atom. The molecule has 2 aliphatic heterocycles. The standard InChI is InChI=1S/C19H24N2O2/c1-14(17-12-15-4-2-3-5-16(15)23-17)18(22)21-10-7-19(8-11-21)6-9-20-13-19/h2-5,12,14,20H,6-11,13H2,1H3. The summed E-state index contributed by atoms with van der Waals surface area (Å²) in [5.74, 6) is 0.766. The molecule has 0 bridgehead atoms. The smallest absolute Gasteiger partial charge is 0.233 e. The maximum absolute atomic E-state index is 12.8. The Morgan fingerprint density at radius 1 is 1.26 bits per heavy atom. The minimum absolute atomic E-state index is 0.199. The number of furan rings is 1. The molecular formula is C19H24N2O2. The molecule has 1 atom stereocenters. The molecule has 2 aliphatic rings. The van der Waals surface area contributed by atoms with Gasteiger partial charge in [0.15, 0.2) is 0 Å². The number of hydrogen-bond donors (Lipinski definition) is 1. The number of rotatable bonds is 2. The van der Waals surface area contributed by atoms with Crippen LogP contribution in [-0.4, -0.2) is 37.0 Å². The number of hydrogen-bond acceptors (Lipinski definition) is 3. The van der Waals surface area contributed by atoms with E-state index in [4.69, 9.17) is 4.42 Å². The van der Waals surface area contributed by atoms with E-state index >= 15 is 0 Å². The van der Waals surface area contributed by atoms with Crippen LogP contribution in [0.4, 0.5) is 0 Å². The molecule has 2 aromatic rings. The van der Waals surface area contributed by atoms with Gasteiger partial charge in [-0.1, -0.05) is 18.2 Å². The van der Waals surface area contributed by atoms with Gasteiger partial charge in [-0.25, -0.2) is 0 Å². The van der Waals surface area contributed by atoms with E-state index in [0.29, 0.717) is 5.41 Å². The van der Waals surface area contributed by atoms with E-state index in [1.165, 1.54) is 6.42 Å². The van der Waals surface area contributed by atoms with E-state index < -0.39 is 0 Å². The second-order valence-electron chi connectivity index (χ2n) is 7.16. The maximum atomic E-state index is 12.8. The van der Waals surface area contributed by atoms with Crippen LogP contribution in [0.5, 0.6) is 0 Å². The molecule has 1 spiro atoms. The third-order valence-electron chi connectivity index (χ3n) is 5.71. The van der Waals surface area contributed by atoms with Crippen molar-refractivity contribution in [3.05, 3.63) is 36.1 Å². The third kappa shape index (κ3) is 2.65. The van der Waals surface area contributed by atoms with Gasteiger partial charge in [0.25, 0.3) is 0 Å². The Balaban J connectivity index is 1.46. The quantitative estimate of drug-likeness (QED) is 0.926. The van der Waals surface area contributed by atoms with Crippen LogP contribution < -0.4 is 5.32 Å². The van der Waals surface area contributed by atoms with Gasteiger partial charge in [0, 0.05) is 25.0 Å². The van der Waals surface area contributed by atoms with Gasteiger partial charge in [-0.3, -0.25) is 4.79 Å². The van der Waals surface area contributed by atoms with E-state index in [1.807, 2.05) is 42.2 Å². The molecule has 23 heavy (non-hydrogen) atoms. The number of benzene rings is 1. The Kier molecular flexibility index (Phi) is 3.64. The fourth-order valence-corrected chi connectivity index (χ4v) is 4.04. The highest BCUT2D eigenvalue weighted by Crippen LogP contribution is 2.37. The molecule has 1 aromatic carbocycles. The van der Waals surface area contributed by atoms with Crippen LogP contribution in [0.25, 0.3) is 11.0 Å². The molecule has 0 saturated carbocycles. The predicted molar refractivity (Wildman–Crippen MR) is 90.4 cm³/mol. The first-order chi connectivity index (χ1) is 11.2. The SMILES string of the molecule is CC(C(=O)N1CCC2(CCNC2)CC1)c1cc2ccccc2o1. The Labute approximate surface area is 136 Å². The van der Waals surface area contributed by atoms with Crippen LogP contribution in [-0.2, 0) is 4.79 Å². The van der Waals surface area contributed by atoms with Gasteiger partial charge in [-0.2, -0.15) is 0 Å². The second kappa shape index (κ2) is 5.68. The van der Waals surface area contributed by atoms with E-state index in [0.717, 1.165) is 55.8 Å². The molecule has 1 amide bonds. The van der Waals surface area contributed by atoms with Gasteiger partial charge in [0.2, 0.25) is 5.91 Å². The first-order valence-corrected chi connectivity index (χ1v) is 8.65. The Bertz CT molecular complexity index is 672. The number of para-hydroxylation sites is 1. The van der Waals surface area contributed by atoms with Crippen LogP contribution in [0.3, 0.4) is 0 Å². The number of nitrogens with one attached hydrogen (secondary N) is 1. The lowest BCUT2D eigenvalue weighted by molar-refractivity contribution is -0.135. The lowest BCUT2D eigenvalue weighted by Gasteiger charge is -2.39. The summed E-state index contributed by atoms with van der Waals surface area (Å²) in [5, 5.41) is 4.54. The fraction of sp³-hybridized carbons (Fsp3) is 0.526. The zero-order chi connectivity index (χ0) is 15.9. The maximum Gasteiger partial charge on any atom is 0.233 e. The molecule has 4 nitrogen and oxygen atoms in total. The number of amides is 1. The summed E-state index contributed by atoms with van der Waals surface area (Å²) in [5.41, 5.74) is 1.30. The number of carbonyl (C=O) groups is 1. The lowest BCUT2D eigenvalue weighted by atomic mass is 9.77. The van der Waals surface area contributed by atoms with Crippen molar-refractivity contribution in [2.24, 2.45) is 5.41 Å². The molecule has 1 aromatic heterocycles. The third-order valence-corrected chi connectivity index (χ3v) is 5.71. The minimum atomic E-state index is -0.210. The van der Waals surface area contributed by atoms with Crippen molar-refractivity contribution in [1.82, 2.24) is 10.2 Å². The van der Waals surface area contributed by atoms with Crippen LogP contribution in [0.2, 0.25) is 0 Å². The van der Waals surface area contributed by atoms with Crippen LogP contribution in [0, 0.1) is 5.41 Å². The largest absolute Gasteiger partial charge is 0.460 e.